The number of alkyl halides is 2. The Bertz CT molecular complexity index is 1610. The molecule has 3 fully saturated rings. The second kappa shape index (κ2) is 43.7. The van der Waals surface area contributed by atoms with Crippen LogP contribution in [0, 0.1) is 17.8 Å². The minimum Gasteiger partial charge on any atom is -0.462 e. The zero-order valence-corrected chi connectivity index (χ0v) is 49.9. The quantitative estimate of drug-likeness (QED) is 0.0396. The molecule has 18 nitrogen and oxygen atoms in total. The largest absolute Gasteiger partial charge is 0.462 e. The molecule has 0 spiro atoms. The standard InChI is InChI=1S/C26H49NO7.C17H32F2N4O2.C7H9NO.2C2H6.2CH4O/c1-16-11-18(3)33-22(12-16)34-21-9-10-25(6,30)13-17(2)14-27(8)20(5)23(28)26(7,31)15-32-24(29)19(21)4;1-13-9-16(10-17(24)25-13)22(2)8-6-14(20)12-23(21)15(11-19)5-3-4-7-18;1-2-3-4-7-5-8-9-6-7;4*1-2/h16-23,28,30-31H,9-15H2,1-8H3;3-4,12-13,15-17,24H,5-11,20-21H2,1-2H3;2-3,5-6H,4H2,1H3;2*1-2H3;2*2H,1H3/b;4-3+,14-12-;3-2-;;;;/t16?,17-,18?,19?,20?,21+,22+,23?,25?,26-;;;;;;/m1....../s1. The molecular formula is C56H110F2N6O12. The van der Waals surface area contributed by atoms with Gasteiger partial charge in [0.15, 0.2) is 12.6 Å². The maximum absolute atomic E-state index is 13.1. The molecule has 76 heavy (non-hydrogen) atoms. The van der Waals surface area contributed by atoms with Gasteiger partial charge in [-0.15, -0.1) is 0 Å². The van der Waals surface area contributed by atoms with Gasteiger partial charge >= 0.3 is 5.97 Å². The zero-order chi connectivity index (χ0) is 59.2. The lowest BCUT2D eigenvalue weighted by Crippen LogP contribution is -2.55. The van der Waals surface area contributed by atoms with Gasteiger partial charge in [-0.2, -0.15) is 0 Å². The fourth-order valence-corrected chi connectivity index (χ4v) is 8.92. The number of ether oxygens (including phenoxy) is 4. The predicted octanol–water partition coefficient (Wildman–Crippen LogP) is 7.20. The maximum atomic E-state index is 13.1. The first kappa shape index (κ1) is 77.1. The van der Waals surface area contributed by atoms with Crippen LogP contribution in [-0.2, 0) is 30.2 Å². The molecule has 450 valence electrons. The van der Waals surface area contributed by atoms with Crippen molar-refractivity contribution in [2.75, 3.05) is 61.4 Å². The Hall–Kier alpha value is -3.12. The van der Waals surface area contributed by atoms with Crippen LogP contribution in [0.15, 0.2) is 53.2 Å². The molecule has 3 saturated heterocycles. The van der Waals surface area contributed by atoms with Crippen LogP contribution >= 0.6 is 0 Å². The van der Waals surface area contributed by atoms with Gasteiger partial charge in [0, 0.05) is 76.1 Å². The molecule has 3 aliphatic rings. The summed E-state index contributed by atoms with van der Waals surface area (Å²) in [7, 11) is 5.87. The minimum atomic E-state index is -1.61. The number of nitrogens with zero attached hydrogens (tertiary/aromatic N) is 4. The highest BCUT2D eigenvalue weighted by Crippen LogP contribution is 2.32. The molecule has 3 aliphatic heterocycles. The van der Waals surface area contributed by atoms with Crippen molar-refractivity contribution in [3.63, 3.8) is 0 Å². The fourth-order valence-electron chi connectivity index (χ4n) is 8.92. The first-order valence-corrected chi connectivity index (χ1v) is 27.4. The molecule has 1 aromatic rings. The molecule has 0 aliphatic carbocycles. The molecular weight excluding hydrogens is 987 g/mol. The fraction of sp³-hybridized carbons (Fsp3) is 0.821. The summed E-state index contributed by atoms with van der Waals surface area (Å²) >= 11 is 0. The van der Waals surface area contributed by atoms with E-state index < -0.39 is 67.3 Å². The zero-order valence-electron chi connectivity index (χ0n) is 49.9. The van der Waals surface area contributed by atoms with Crippen molar-refractivity contribution in [3.05, 3.63) is 54.2 Å². The van der Waals surface area contributed by atoms with Crippen LogP contribution in [0.4, 0.5) is 8.78 Å². The number of cyclic esters (lactones) is 1. The van der Waals surface area contributed by atoms with Crippen molar-refractivity contribution in [2.45, 2.75) is 221 Å². The number of aromatic nitrogens is 1. The van der Waals surface area contributed by atoms with E-state index in [0.29, 0.717) is 63.2 Å². The third kappa shape index (κ3) is 32.7. The normalized spacial score (nSPS) is 31.2. The third-order valence-electron chi connectivity index (χ3n) is 13.1. The number of rotatable bonds is 14. The Morgan fingerprint density at radius 3 is 2.11 bits per heavy atom. The van der Waals surface area contributed by atoms with E-state index in [0.717, 1.165) is 45.5 Å². The summed E-state index contributed by atoms with van der Waals surface area (Å²) in [6, 6.07) is -0.706. The third-order valence-corrected chi connectivity index (χ3v) is 13.1. The molecule has 1 aromatic heterocycles. The number of aliphatic hydroxyl groups excluding tert-OH is 4. The Labute approximate surface area is 457 Å². The summed E-state index contributed by atoms with van der Waals surface area (Å²) in [5.41, 5.74) is 5.11. The van der Waals surface area contributed by atoms with Gasteiger partial charge in [0.25, 0.3) is 0 Å². The molecule has 0 amide bonds. The molecule has 0 saturated carbocycles. The van der Waals surface area contributed by atoms with E-state index in [1.54, 1.807) is 25.5 Å². The van der Waals surface area contributed by atoms with Gasteiger partial charge in [-0.3, -0.25) is 4.79 Å². The van der Waals surface area contributed by atoms with Crippen LogP contribution in [0.25, 0.3) is 0 Å². The van der Waals surface area contributed by atoms with E-state index in [1.165, 1.54) is 24.2 Å². The highest BCUT2D eigenvalue weighted by molar-refractivity contribution is 5.72. The number of nitrogens with two attached hydrogens (primary N) is 2. The van der Waals surface area contributed by atoms with E-state index in [9.17, 15) is 34.0 Å². The van der Waals surface area contributed by atoms with Gasteiger partial charge in [0.05, 0.1) is 42.1 Å². The summed E-state index contributed by atoms with van der Waals surface area (Å²) in [6.07, 6.45) is 15.7. The van der Waals surface area contributed by atoms with Crippen molar-refractivity contribution in [2.24, 2.45) is 29.3 Å². The van der Waals surface area contributed by atoms with E-state index in [1.807, 2.05) is 87.4 Å². The van der Waals surface area contributed by atoms with Crippen molar-refractivity contribution >= 4 is 5.97 Å². The molecule has 0 bridgehead atoms. The van der Waals surface area contributed by atoms with Crippen LogP contribution in [-0.4, -0.2) is 184 Å². The monoisotopic (exact) mass is 1100 g/mol. The van der Waals surface area contributed by atoms with Crippen molar-refractivity contribution in [1.82, 2.24) is 20.0 Å². The van der Waals surface area contributed by atoms with Crippen molar-refractivity contribution in [1.29, 1.82) is 0 Å². The Kier molecular flexibility index (Phi) is 44.4. The van der Waals surface area contributed by atoms with Crippen molar-refractivity contribution < 1.29 is 67.7 Å². The highest BCUT2D eigenvalue weighted by atomic mass is 19.1. The molecule has 4 heterocycles. The van der Waals surface area contributed by atoms with Gasteiger partial charge in [0.1, 0.15) is 37.9 Å². The van der Waals surface area contributed by atoms with Crippen LogP contribution in [0.1, 0.15) is 153 Å². The van der Waals surface area contributed by atoms with Gasteiger partial charge in [0.2, 0.25) is 0 Å². The summed E-state index contributed by atoms with van der Waals surface area (Å²) < 4.78 is 52.9. The van der Waals surface area contributed by atoms with Gasteiger partial charge in [-0.25, -0.2) is 14.6 Å². The number of likely N-dealkylation sites (N-methyl/N-ethyl adjacent to an activating group) is 1. The number of esters is 1. The number of hydrogen-bond acceptors (Lipinski definition) is 18. The van der Waals surface area contributed by atoms with Crippen LogP contribution in [0.2, 0.25) is 0 Å². The van der Waals surface area contributed by atoms with Crippen LogP contribution in [0.5, 0.6) is 0 Å². The second-order valence-corrected chi connectivity index (χ2v) is 20.2. The highest BCUT2D eigenvalue weighted by Gasteiger charge is 2.40. The summed E-state index contributed by atoms with van der Waals surface area (Å²) in [5, 5.41) is 61.4. The van der Waals surface area contributed by atoms with Gasteiger partial charge < -0.3 is 74.7 Å². The number of carbonyl (C=O) groups is 1. The first-order valence-electron chi connectivity index (χ1n) is 27.4. The minimum absolute atomic E-state index is 0.0197. The summed E-state index contributed by atoms with van der Waals surface area (Å²) in [6.45, 7) is 24.9. The number of aliphatic hydroxyl groups is 6. The van der Waals surface area contributed by atoms with Gasteiger partial charge in [-0.1, -0.05) is 71.0 Å². The first-order chi connectivity index (χ1) is 35.9. The molecule has 0 aromatic carbocycles. The molecule has 4 rings (SSSR count). The average Bonchev–Trinajstić information content (AvgIpc) is 3.91. The lowest BCUT2D eigenvalue weighted by Gasteiger charge is -2.38. The number of hydrogen-bond donors (Lipinski definition) is 8. The SMILES string of the molecule is C/C=C\Cc1cnoc1.CC.CC.CC1CC(C)O[C@@H](O[C@H]2CCC(C)(O)C[C@@H](C)CN(C)C(C)C(O)[C@](C)(O)COC(=O)C2C)C1.CC1CC(N(C)CC/C(N)=C/N(N)C(CF)C/C=C/CF)CC(O)O1.CO.CO. The molecule has 20 heteroatoms. The maximum Gasteiger partial charge on any atom is 0.311 e. The average molecular weight is 1100 g/mol. The smallest absolute Gasteiger partial charge is 0.311 e. The van der Waals surface area contributed by atoms with Gasteiger partial charge in [-0.05, 0) is 119 Å². The number of hydrazine groups is 1. The molecule has 14 atom stereocenters. The number of halogens is 2. The lowest BCUT2D eigenvalue weighted by atomic mass is 9.86. The van der Waals surface area contributed by atoms with Crippen LogP contribution < -0.4 is 11.6 Å². The Morgan fingerprint density at radius 2 is 1.57 bits per heavy atom. The van der Waals surface area contributed by atoms with E-state index >= 15 is 0 Å². The summed E-state index contributed by atoms with van der Waals surface area (Å²) in [5.74, 6) is 5.33. The Balaban J connectivity index is -0.00000110. The van der Waals surface area contributed by atoms with E-state index in [-0.39, 0.29) is 36.8 Å². The summed E-state index contributed by atoms with van der Waals surface area (Å²) in [4.78, 5) is 17.1. The van der Waals surface area contributed by atoms with Crippen LogP contribution in [0.3, 0.4) is 0 Å². The molecule has 0 radical (unpaired) electrons. The predicted molar refractivity (Wildman–Crippen MR) is 299 cm³/mol. The van der Waals surface area contributed by atoms with Crippen molar-refractivity contribution in [3.8, 4) is 0 Å². The topological polar surface area (TPSA) is 263 Å². The number of allylic oxidation sites excluding steroid dienone is 3. The second-order valence-electron chi connectivity index (χ2n) is 20.2. The van der Waals surface area contributed by atoms with E-state index in [4.69, 9.17) is 40.7 Å². The lowest BCUT2D eigenvalue weighted by molar-refractivity contribution is -0.232. The number of carbonyl (C=O) groups excluding carboxylic acids is 1. The molecule has 10 unspecified atom stereocenters. The van der Waals surface area contributed by atoms with E-state index in [2.05, 4.69) is 34.5 Å². The molecule has 10 N–H and O–H groups in total. The Morgan fingerprint density at radius 1 is 0.947 bits per heavy atom.